The largest absolute Gasteiger partial charge is 0.504 e. The van der Waals surface area contributed by atoms with Gasteiger partial charge in [-0.1, -0.05) is 19.9 Å². The van der Waals surface area contributed by atoms with Crippen LogP contribution in [0.1, 0.15) is 19.4 Å². The van der Waals surface area contributed by atoms with Crippen LogP contribution in [0.2, 0.25) is 0 Å². The Hall–Kier alpha value is -2.48. The molecule has 8 heteroatoms. The number of carbonyl (C=O) groups excluding carboxylic acids is 3. The molecular formula is C16H17NO6S. The highest BCUT2D eigenvalue weighted by molar-refractivity contribution is 8.18. The fraction of sp³-hybridized carbons (Fsp3) is 0.312. The smallest absolute Gasteiger partial charge is 0.326 e. The molecule has 0 aromatic heterocycles. The highest BCUT2D eigenvalue weighted by Gasteiger charge is 2.36. The topological polar surface area (TPSA) is 104 Å². The molecule has 2 amide bonds. The van der Waals surface area contributed by atoms with Crippen LogP contribution < -0.4 is 0 Å². The van der Waals surface area contributed by atoms with Gasteiger partial charge in [0.2, 0.25) is 0 Å². The van der Waals surface area contributed by atoms with E-state index in [1.54, 1.807) is 0 Å². The normalized spacial score (nSPS) is 16.3. The lowest BCUT2D eigenvalue weighted by atomic mass is 10.2. The van der Waals surface area contributed by atoms with Gasteiger partial charge in [-0.25, -0.2) is 0 Å². The molecule has 1 fully saturated rings. The number of benzene rings is 1. The van der Waals surface area contributed by atoms with Crippen LogP contribution in [0, 0.1) is 5.92 Å². The predicted molar refractivity (Wildman–Crippen MR) is 88.2 cm³/mol. The molecule has 128 valence electrons. The maximum Gasteiger partial charge on any atom is 0.326 e. The maximum atomic E-state index is 12.2. The van der Waals surface area contributed by atoms with Gasteiger partial charge in [-0.15, -0.1) is 0 Å². The number of amides is 2. The summed E-state index contributed by atoms with van der Waals surface area (Å²) < 4.78 is 4.97. The Morgan fingerprint density at radius 1 is 1.29 bits per heavy atom. The quantitative estimate of drug-likeness (QED) is 0.476. The highest BCUT2D eigenvalue weighted by atomic mass is 32.2. The molecule has 0 spiro atoms. The maximum absolute atomic E-state index is 12.2. The molecule has 1 heterocycles. The van der Waals surface area contributed by atoms with E-state index in [4.69, 9.17) is 4.74 Å². The molecule has 1 saturated heterocycles. The number of hydrogen-bond donors (Lipinski definition) is 2. The minimum absolute atomic E-state index is 0.127. The van der Waals surface area contributed by atoms with E-state index in [0.717, 1.165) is 4.90 Å². The molecule has 0 aliphatic carbocycles. The molecular weight excluding hydrogens is 334 g/mol. The number of thioether (sulfide) groups is 1. The summed E-state index contributed by atoms with van der Waals surface area (Å²) in [5.41, 5.74) is 0.443. The molecule has 2 rings (SSSR count). The fourth-order valence-corrected chi connectivity index (χ4v) is 2.69. The number of nitrogens with zero attached hydrogens (tertiary/aromatic N) is 1. The van der Waals surface area contributed by atoms with Crippen LogP contribution in [-0.4, -0.2) is 45.4 Å². The van der Waals surface area contributed by atoms with Gasteiger partial charge in [0.15, 0.2) is 11.5 Å². The SMILES string of the molecule is CC(C)COC(=O)CN1C(=O)S/C(=C/c2ccc(O)c(O)c2)C1=O. The van der Waals surface area contributed by atoms with Crippen LogP contribution in [-0.2, 0) is 14.3 Å². The van der Waals surface area contributed by atoms with E-state index in [1.807, 2.05) is 13.8 Å². The number of hydrogen-bond acceptors (Lipinski definition) is 7. The monoisotopic (exact) mass is 351 g/mol. The van der Waals surface area contributed by atoms with Crippen molar-refractivity contribution < 1.29 is 29.3 Å². The number of aromatic hydroxyl groups is 2. The van der Waals surface area contributed by atoms with Crippen molar-refractivity contribution >= 4 is 35.0 Å². The van der Waals surface area contributed by atoms with Crippen molar-refractivity contribution in [2.24, 2.45) is 5.92 Å². The van der Waals surface area contributed by atoms with Crippen molar-refractivity contribution in [1.82, 2.24) is 4.90 Å². The highest BCUT2D eigenvalue weighted by Crippen LogP contribution is 2.33. The molecule has 0 bridgehead atoms. The molecule has 24 heavy (non-hydrogen) atoms. The first kappa shape index (κ1) is 17.9. The first-order chi connectivity index (χ1) is 11.3. The van der Waals surface area contributed by atoms with E-state index in [0.29, 0.717) is 17.3 Å². The van der Waals surface area contributed by atoms with Gasteiger partial charge in [0.1, 0.15) is 6.54 Å². The molecule has 0 atom stereocenters. The Kier molecular flexibility index (Phi) is 5.50. The Labute approximate surface area is 142 Å². The summed E-state index contributed by atoms with van der Waals surface area (Å²) in [4.78, 5) is 36.8. The van der Waals surface area contributed by atoms with Gasteiger partial charge in [-0.3, -0.25) is 19.3 Å². The van der Waals surface area contributed by atoms with Crippen molar-refractivity contribution in [3.63, 3.8) is 0 Å². The minimum Gasteiger partial charge on any atom is -0.504 e. The van der Waals surface area contributed by atoms with Gasteiger partial charge >= 0.3 is 5.97 Å². The standard InChI is InChI=1S/C16H17NO6S/c1-9(2)8-23-14(20)7-17-15(21)13(24-16(17)22)6-10-3-4-11(18)12(19)5-10/h3-6,9,18-19H,7-8H2,1-2H3/b13-6+. The van der Waals surface area contributed by atoms with Crippen molar-refractivity contribution in [3.8, 4) is 11.5 Å². The summed E-state index contributed by atoms with van der Waals surface area (Å²) in [6.07, 6.45) is 1.41. The Balaban J connectivity index is 2.09. The number of phenols is 2. The summed E-state index contributed by atoms with van der Waals surface area (Å²) in [7, 11) is 0. The molecule has 0 unspecified atom stereocenters. The molecule has 7 nitrogen and oxygen atoms in total. The van der Waals surface area contributed by atoms with Crippen molar-refractivity contribution in [2.45, 2.75) is 13.8 Å². The minimum atomic E-state index is -0.644. The lowest BCUT2D eigenvalue weighted by Crippen LogP contribution is -2.34. The predicted octanol–water partition coefficient (Wildman–Crippen LogP) is 2.33. The van der Waals surface area contributed by atoms with Crippen molar-refractivity contribution in [3.05, 3.63) is 28.7 Å². The van der Waals surface area contributed by atoms with E-state index in [1.165, 1.54) is 24.3 Å². The third kappa shape index (κ3) is 4.29. The Morgan fingerprint density at radius 2 is 2.00 bits per heavy atom. The molecule has 0 saturated carbocycles. The van der Waals surface area contributed by atoms with Crippen molar-refractivity contribution in [1.29, 1.82) is 0 Å². The van der Waals surface area contributed by atoms with E-state index in [-0.39, 0.29) is 28.9 Å². The summed E-state index contributed by atoms with van der Waals surface area (Å²) >= 11 is 0.700. The third-order valence-electron chi connectivity index (χ3n) is 3.04. The van der Waals surface area contributed by atoms with Gasteiger partial charge in [0, 0.05) is 0 Å². The van der Waals surface area contributed by atoms with E-state index in [9.17, 15) is 24.6 Å². The van der Waals surface area contributed by atoms with Crippen LogP contribution in [0.3, 0.4) is 0 Å². The molecule has 2 N–H and O–H groups in total. The van der Waals surface area contributed by atoms with E-state index >= 15 is 0 Å². The number of rotatable bonds is 5. The average molecular weight is 351 g/mol. The lowest BCUT2D eigenvalue weighted by Gasteiger charge is -2.12. The van der Waals surface area contributed by atoms with Crippen LogP contribution in [0.5, 0.6) is 11.5 Å². The van der Waals surface area contributed by atoms with Gasteiger partial charge in [-0.2, -0.15) is 0 Å². The van der Waals surface area contributed by atoms with Gasteiger partial charge in [-0.05, 0) is 41.5 Å². The van der Waals surface area contributed by atoms with E-state index < -0.39 is 23.7 Å². The number of esters is 1. The van der Waals surface area contributed by atoms with E-state index in [2.05, 4.69) is 0 Å². The molecule has 1 aromatic rings. The first-order valence-corrected chi connectivity index (χ1v) is 8.02. The summed E-state index contributed by atoms with van der Waals surface area (Å²) in [6, 6.07) is 4.02. The van der Waals surface area contributed by atoms with Gasteiger partial charge in [0.05, 0.1) is 11.5 Å². The number of imide groups is 1. The number of phenolic OH excluding ortho intramolecular Hbond substituents is 2. The zero-order valence-corrected chi connectivity index (χ0v) is 14.0. The zero-order valence-electron chi connectivity index (χ0n) is 13.2. The molecule has 1 aliphatic heterocycles. The molecule has 1 aromatic carbocycles. The second-order valence-electron chi connectivity index (χ2n) is 5.59. The van der Waals surface area contributed by atoms with Gasteiger partial charge < -0.3 is 14.9 Å². The molecule has 1 aliphatic rings. The number of ether oxygens (including phenoxy) is 1. The Morgan fingerprint density at radius 3 is 2.62 bits per heavy atom. The summed E-state index contributed by atoms with van der Waals surface area (Å²) in [5, 5.41) is 18.2. The fourth-order valence-electron chi connectivity index (χ4n) is 1.85. The summed E-state index contributed by atoms with van der Waals surface area (Å²) in [5.74, 6) is -1.70. The first-order valence-electron chi connectivity index (χ1n) is 7.21. The lowest BCUT2D eigenvalue weighted by molar-refractivity contribution is -0.147. The Bertz CT molecular complexity index is 713. The van der Waals surface area contributed by atoms with Crippen LogP contribution in [0.25, 0.3) is 6.08 Å². The average Bonchev–Trinajstić information content (AvgIpc) is 2.76. The third-order valence-corrected chi connectivity index (χ3v) is 3.94. The molecule has 0 radical (unpaired) electrons. The van der Waals surface area contributed by atoms with Crippen LogP contribution >= 0.6 is 11.8 Å². The van der Waals surface area contributed by atoms with Crippen molar-refractivity contribution in [2.75, 3.05) is 13.2 Å². The van der Waals surface area contributed by atoms with Crippen LogP contribution in [0.15, 0.2) is 23.1 Å². The summed E-state index contributed by atoms with van der Waals surface area (Å²) in [6.45, 7) is 3.54. The van der Waals surface area contributed by atoms with Gasteiger partial charge in [0.25, 0.3) is 11.1 Å². The second-order valence-corrected chi connectivity index (χ2v) is 6.59. The number of carbonyl (C=O) groups is 3. The van der Waals surface area contributed by atoms with Crippen LogP contribution in [0.4, 0.5) is 4.79 Å². The second kappa shape index (κ2) is 7.39. The zero-order chi connectivity index (χ0) is 17.9.